The number of nitrogens with one attached hydrogen (secondary N) is 1. The summed E-state index contributed by atoms with van der Waals surface area (Å²) in [5.41, 5.74) is 1.31. The molecule has 1 N–H and O–H groups in total. The Morgan fingerprint density at radius 3 is 2.79 bits per heavy atom. The highest BCUT2D eigenvalue weighted by Gasteiger charge is 2.44. The normalized spacial score (nSPS) is 33.1. The molecule has 2 fully saturated rings. The second-order valence-corrected chi connectivity index (χ2v) is 6.47. The van der Waals surface area contributed by atoms with E-state index in [1.165, 1.54) is 18.4 Å². The van der Waals surface area contributed by atoms with Crippen LogP contribution in [0.15, 0.2) is 30.3 Å². The van der Waals surface area contributed by atoms with Crippen molar-refractivity contribution in [1.29, 1.82) is 0 Å². The van der Waals surface area contributed by atoms with Gasteiger partial charge in [-0.3, -0.25) is 4.79 Å². The van der Waals surface area contributed by atoms with Crippen LogP contribution in [0, 0.1) is 11.8 Å². The van der Waals surface area contributed by atoms with E-state index in [9.17, 15) is 4.79 Å². The lowest BCUT2D eigenvalue weighted by molar-refractivity contribution is -0.123. The Hall–Kier alpha value is -0.830. The second-order valence-electron chi connectivity index (χ2n) is 5.82. The Kier molecular flexibility index (Phi) is 3.92. The van der Waals surface area contributed by atoms with Crippen LogP contribution in [-0.4, -0.2) is 17.3 Å². The molecular formula is C16H20BrNO. The van der Waals surface area contributed by atoms with Crippen LogP contribution in [0.1, 0.15) is 37.2 Å². The second kappa shape index (κ2) is 5.66. The minimum atomic E-state index is 0.207. The highest BCUT2D eigenvalue weighted by atomic mass is 79.9. The molecule has 1 aromatic carbocycles. The number of alkyl halides is 1. The van der Waals surface area contributed by atoms with Crippen molar-refractivity contribution in [2.24, 2.45) is 11.8 Å². The van der Waals surface area contributed by atoms with E-state index in [1.807, 2.05) is 6.07 Å². The molecule has 102 valence electrons. The van der Waals surface area contributed by atoms with Gasteiger partial charge in [-0.05, 0) is 36.7 Å². The number of carbonyl (C=O) groups excluding carboxylic acids is 1. The van der Waals surface area contributed by atoms with Crippen molar-refractivity contribution in [1.82, 2.24) is 5.32 Å². The number of amides is 1. The van der Waals surface area contributed by atoms with Crippen molar-refractivity contribution in [2.75, 3.05) is 5.33 Å². The highest BCUT2D eigenvalue weighted by Crippen LogP contribution is 2.47. The van der Waals surface area contributed by atoms with E-state index in [0.717, 1.165) is 18.2 Å². The molecule has 0 bridgehead atoms. The predicted molar refractivity (Wildman–Crippen MR) is 80.4 cm³/mol. The zero-order valence-corrected chi connectivity index (χ0v) is 12.6. The summed E-state index contributed by atoms with van der Waals surface area (Å²) < 4.78 is 0. The van der Waals surface area contributed by atoms with Gasteiger partial charge in [-0.25, -0.2) is 0 Å². The Morgan fingerprint density at radius 2 is 2.05 bits per heavy atom. The van der Waals surface area contributed by atoms with Gasteiger partial charge in [0.1, 0.15) is 0 Å². The molecule has 19 heavy (non-hydrogen) atoms. The van der Waals surface area contributed by atoms with E-state index in [0.29, 0.717) is 17.9 Å². The fourth-order valence-corrected chi connectivity index (χ4v) is 4.03. The number of hydrogen-bond acceptors (Lipinski definition) is 1. The first-order valence-corrected chi connectivity index (χ1v) is 8.33. The SMILES string of the molecule is O=C(NC1CCCC1CBr)C1CC1c1ccccc1. The summed E-state index contributed by atoms with van der Waals surface area (Å²) >= 11 is 3.56. The van der Waals surface area contributed by atoms with Crippen LogP contribution in [0.25, 0.3) is 0 Å². The topological polar surface area (TPSA) is 29.1 Å². The zero-order chi connectivity index (χ0) is 13.2. The smallest absolute Gasteiger partial charge is 0.223 e. The summed E-state index contributed by atoms with van der Waals surface area (Å²) in [5, 5.41) is 4.28. The molecular weight excluding hydrogens is 302 g/mol. The highest BCUT2D eigenvalue weighted by molar-refractivity contribution is 9.09. The van der Waals surface area contributed by atoms with Gasteiger partial charge in [0.05, 0.1) is 0 Å². The maximum Gasteiger partial charge on any atom is 0.223 e. The average Bonchev–Trinajstić information content (AvgIpc) is 3.14. The minimum Gasteiger partial charge on any atom is -0.353 e. The fraction of sp³-hybridized carbons (Fsp3) is 0.562. The number of carbonyl (C=O) groups is 1. The first-order chi connectivity index (χ1) is 9.29. The van der Waals surface area contributed by atoms with E-state index in [2.05, 4.69) is 45.5 Å². The lowest BCUT2D eigenvalue weighted by Gasteiger charge is -2.19. The van der Waals surface area contributed by atoms with Crippen molar-refractivity contribution in [2.45, 2.75) is 37.6 Å². The van der Waals surface area contributed by atoms with Crippen molar-refractivity contribution in [3.63, 3.8) is 0 Å². The van der Waals surface area contributed by atoms with Crippen LogP contribution < -0.4 is 5.32 Å². The van der Waals surface area contributed by atoms with Crippen LogP contribution in [-0.2, 0) is 4.79 Å². The van der Waals surface area contributed by atoms with Gasteiger partial charge in [0.2, 0.25) is 5.91 Å². The Balaban J connectivity index is 1.55. The van der Waals surface area contributed by atoms with E-state index in [4.69, 9.17) is 0 Å². The third-order valence-electron chi connectivity index (χ3n) is 4.54. The fourth-order valence-electron chi connectivity index (χ4n) is 3.25. The monoisotopic (exact) mass is 321 g/mol. The van der Waals surface area contributed by atoms with Crippen LogP contribution in [0.5, 0.6) is 0 Å². The van der Waals surface area contributed by atoms with Crippen LogP contribution in [0.4, 0.5) is 0 Å². The summed E-state index contributed by atoms with van der Waals surface area (Å²) in [6.07, 6.45) is 4.64. The molecule has 3 rings (SSSR count). The Morgan fingerprint density at radius 1 is 1.26 bits per heavy atom. The summed E-state index contributed by atoms with van der Waals surface area (Å²) in [6, 6.07) is 10.8. The number of rotatable bonds is 4. The number of halogens is 1. The molecule has 2 aliphatic rings. The van der Waals surface area contributed by atoms with Crippen molar-refractivity contribution in [3.05, 3.63) is 35.9 Å². The zero-order valence-electron chi connectivity index (χ0n) is 11.0. The Labute approximate surface area is 123 Å². The van der Waals surface area contributed by atoms with E-state index in [1.54, 1.807) is 0 Å². The maximum absolute atomic E-state index is 12.3. The first kappa shape index (κ1) is 13.2. The van der Waals surface area contributed by atoms with Crippen LogP contribution in [0.3, 0.4) is 0 Å². The molecule has 4 unspecified atom stereocenters. The van der Waals surface area contributed by atoms with E-state index >= 15 is 0 Å². The quantitative estimate of drug-likeness (QED) is 0.845. The molecule has 3 heteroatoms. The lowest BCUT2D eigenvalue weighted by atomic mass is 10.1. The molecule has 1 amide bonds. The summed E-state index contributed by atoms with van der Waals surface area (Å²) in [6.45, 7) is 0. The molecule has 0 aliphatic heterocycles. The molecule has 2 nitrogen and oxygen atoms in total. The molecule has 4 atom stereocenters. The predicted octanol–water partition coefficient (Wildman–Crippen LogP) is 3.47. The Bertz CT molecular complexity index is 447. The van der Waals surface area contributed by atoms with E-state index in [-0.39, 0.29) is 11.8 Å². The van der Waals surface area contributed by atoms with Gasteiger partial charge >= 0.3 is 0 Å². The van der Waals surface area contributed by atoms with Gasteiger partial charge in [0.15, 0.2) is 0 Å². The third kappa shape index (κ3) is 2.86. The van der Waals surface area contributed by atoms with Crippen molar-refractivity contribution < 1.29 is 4.79 Å². The summed E-state index contributed by atoms with van der Waals surface area (Å²) in [7, 11) is 0. The van der Waals surface area contributed by atoms with Gasteiger partial charge < -0.3 is 5.32 Å². The largest absolute Gasteiger partial charge is 0.353 e. The molecule has 2 aliphatic carbocycles. The first-order valence-electron chi connectivity index (χ1n) is 7.21. The molecule has 0 radical (unpaired) electrons. The minimum absolute atomic E-state index is 0.207. The van der Waals surface area contributed by atoms with Gasteiger partial charge in [-0.1, -0.05) is 52.7 Å². The van der Waals surface area contributed by atoms with Crippen molar-refractivity contribution in [3.8, 4) is 0 Å². The lowest BCUT2D eigenvalue weighted by Crippen LogP contribution is -2.39. The van der Waals surface area contributed by atoms with Crippen molar-refractivity contribution >= 4 is 21.8 Å². The number of benzene rings is 1. The molecule has 0 heterocycles. The van der Waals surface area contributed by atoms with E-state index < -0.39 is 0 Å². The third-order valence-corrected chi connectivity index (χ3v) is 5.37. The molecule has 2 saturated carbocycles. The van der Waals surface area contributed by atoms with Gasteiger partial charge in [-0.2, -0.15) is 0 Å². The van der Waals surface area contributed by atoms with Gasteiger partial charge in [0.25, 0.3) is 0 Å². The maximum atomic E-state index is 12.3. The molecule has 0 spiro atoms. The summed E-state index contributed by atoms with van der Waals surface area (Å²) in [4.78, 5) is 12.3. The van der Waals surface area contributed by atoms with Gasteiger partial charge in [0, 0.05) is 17.3 Å². The molecule has 0 aromatic heterocycles. The average molecular weight is 322 g/mol. The molecule has 0 saturated heterocycles. The standard InChI is InChI=1S/C16H20BrNO/c17-10-12-7-4-8-15(12)18-16(19)14-9-13(14)11-5-2-1-3-6-11/h1-3,5-6,12-15H,4,7-10H2,(H,18,19). The van der Waals surface area contributed by atoms with Gasteiger partial charge in [-0.15, -0.1) is 0 Å². The number of hydrogen-bond donors (Lipinski definition) is 1. The van der Waals surface area contributed by atoms with Crippen LogP contribution in [0.2, 0.25) is 0 Å². The summed E-state index contributed by atoms with van der Waals surface area (Å²) in [5.74, 6) is 1.55. The molecule has 1 aromatic rings. The van der Waals surface area contributed by atoms with Crippen LogP contribution >= 0.6 is 15.9 Å².